The summed E-state index contributed by atoms with van der Waals surface area (Å²) in [5.41, 5.74) is 0.149. The molecule has 0 aliphatic rings. The van der Waals surface area contributed by atoms with Gasteiger partial charge in [0.2, 0.25) is 5.91 Å². The molecule has 1 rings (SSSR count). The van der Waals surface area contributed by atoms with Gasteiger partial charge in [0.05, 0.1) is 12.1 Å². The van der Waals surface area contributed by atoms with Crippen LogP contribution in [0.15, 0.2) is 43.0 Å². The van der Waals surface area contributed by atoms with Gasteiger partial charge in [-0.3, -0.25) is 4.79 Å². The van der Waals surface area contributed by atoms with Gasteiger partial charge in [-0.15, -0.1) is 6.58 Å². The maximum Gasteiger partial charge on any atom is 0.224 e. The maximum absolute atomic E-state index is 11.5. The molecule has 1 amide bonds. The Balaban J connectivity index is 2.86. The van der Waals surface area contributed by atoms with Crippen molar-refractivity contribution in [2.24, 2.45) is 0 Å². The minimum absolute atomic E-state index is 0.139. The van der Waals surface area contributed by atoms with Crippen molar-refractivity contribution in [2.45, 2.75) is 18.9 Å². The van der Waals surface area contributed by atoms with Gasteiger partial charge in [-0.1, -0.05) is 36.4 Å². The number of carbonyl (C=O) groups excluding carboxylic acids is 1. The molecule has 86 valence electrons. The Morgan fingerprint density at radius 2 is 2.12 bits per heavy atom. The molecule has 0 saturated carbocycles. The summed E-state index contributed by atoms with van der Waals surface area (Å²) in [5, 5.41) is 12.2. The van der Waals surface area contributed by atoms with Gasteiger partial charge in [-0.05, 0) is 12.5 Å². The number of rotatable bonds is 5. The molecule has 3 nitrogen and oxygen atoms in total. The van der Waals surface area contributed by atoms with Gasteiger partial charge in [0.25, 0.3) is 0 Å². The Morgan fingerprint density at radius 1 is 1.50 bits per heavy atom. The maximum atomic E-state index is 11.5. The highest BCUT2D eigenvalue weighted by molar-refractivity contribution is 5.78. The zero-order valence-corrected chi connectivity index (χ0v) is 9.44. The normalized spacial score (nSPS) is 13.9. The second kappa shape index (κ2) is 5.47. The molecule has 3 heteroatoms. The zero-order valence-electron chi connectivity index (χ0n) is 9.44. The van der Waals surface area contributed by atoms with Crippen molar-refractivity contribution in [1.82, 2.24) is 5.32 Å². The minimum Gasteiger partial charge on any atom is -0.394 e. The molecule has 0 aliphatic heterocycles. The highest BCUT2D eigenvalue weighted by Crippen LogP contribution is 2.19. The summed E-state index contributed by atoms with van der Waals surface area (Å²) in [6.07, 6.45) is 1.79. The van der Waals surface area contributed by atoms with Crippen LogP contribution in [0.25, 0.3) is 0 Å². The summed E-state index contributed by atoms with van der Waals surface area (Å²) >= 11 is 0. The van der Waals surface area contributed by atoms with Gasteiger partial charge < -0.3 is 10.4 Å². The smallest absolute Gasteiger partial charge is 0.224 e. The molecular formula is C13H17NO2. The number of hydrogen-bond donors (Lipinski definition) is 2. The largest absolute Gasteiger partial charge is 0.394 e. The van der Waals surface area contributed by atoms with Crippen LogP contribution in [0.3, 0.4) is 0 Å². The lowest BCUT2D eigenvalue weighted by molar-refractivity contribution is -0.122. The average molecular weight is 219 g/mol. The van der Waals surface area contributed by atoms with Crippen molar-refractivity contribution in [3.63, 3.8) is 0 Å². The van der Waals surface area contributed by atoms with Crippen molar-refractivity contribution >= 4 is 5.91 Å². The standard InChI is InChI=1S/C13H17NO2/c1-3-7-12(16)14-13(2,10-15)11-8-5-4-6-9-11/h3-6,8-9,15H,1,7,10H2,2H3,(H,14,16). The lowest BCUT2D eigenvalue weighted by Gasteiger charge is -2.29. The van der Waals surface area contributed by atoms with Crippen LogP contribution in [0.5, 0.6) is 0 Å². The summed E-state index contributed by atoms with van der Waals surface area (Å²) in [5.74, 6) is -0.143. The molecule has 1 atom stereocenters. The number of amides is 1. The summed E-state index contributed by atoms with van der Waals surface area (Å²) < 4.78 is 0. The first-order valence-electron chi connectivity index (χ1n) is 5.20. The molecule has 0 aromatic heterocycles. The fourth-order valence-corrected chi connectivity index (χ4v) is 1.50. The highest BCUT2D eigenvalue weighted by Gasteiger charge is 2.26. The van der Waals surface area contributed by atoms with Crippen LogP contribution in [0.1, 0.15) is 18.9 Å². The fraction of sp³-hybridized carbons (Fsp3) is 0.308. The minimum atomic E-state index is -0.735. The van der Waals surface area contributed by atoms with Crippen LogP contribution in [0.4, 0.5) is 0 Å². The number of hydrogen-bond acceptors (Lipinski definition) is 2. The van der Waals surface area contributed by atoms with Gasteiger partial charge >= 0.3 is 0 Å². The van der Waals surface area contributed by atoms with Crippen LogP contribution >= 0.6 is 0 Å². The van der Waals surface area contributed by atoms with Crippen molar-refractivity contribution in [3.8, 4) is 0 Å². The van der Waals surface area contributed by atoms with Gasteiger partial charge in [0.15, 0.2) is 0 Å². The van der Waals surface area contributed by atoms with Crippen LogP contribution in [-0.2, 0) is 10.3 Å². The fourth-order valence-electron chi connectivity index (χ4n) is 1.50. The molecule has 0 bridgehead atoms. The number of nitrogens with one attached hydrogen (secondary N) is 1. The van der Waals surface area contributed by atoms with Crippen molar-refractivity contribution < 1.29 is 9.90 Å². The second-order valence-electron chi connectivity index (χ2n) is 3.90. The monoisotopic (exact) mass is 219 g/mol. The van der Waals surface area contributed by atoms with E-state index in [2.05, 4.69) is 11.9 Å². The Labute approximate surface area is 95.8 Å². The molecule has 0 fully saturated rings. The molecule has 0 heterocycles. The van der Waals surface area contributed by atoms with Crippen molar-refractivity contribution in [2.75, 3.05) is 6.61 Å². The predicted octanol–water partition coefficient (Wildman–Crippen LogP) is 1.59. The van der Waals surface area contributed by atoms with E-state index in [0.717, 1.165) is 5.56 Å². The van der Waals surface area contributed by atoms with E-state index >= 15 is 0 Å². The third-order valence-electron chi connectivity index (χ3n) is 2.47. The number of carbonyl (C=O) groups is 1. The SMILES string of the molecule is C=CCC(=O)NC(C)(CO)c1ccccc1. The number of benzene rings is 1. The van der Waals surface area contributed by atoms with Crippen molar-refractivity contribution in [3.05, 3.63) is 48.6 Å². The first kappa shape index (κ1) is 12.5. The predicted molar refractivity (Wildman–Crippen MR) is 63.8 cm³/mol. The van der Waals surface area contributed by atoms with E-state index in [0.29, 0.717) is 0 Å². The van der Waals surface area contributed by atoms with E-state index in [-0.39, 0.29) is 18.9 Å². The van der Waals surface area contributed by atoms with Crippen LogP contribution in [0.2, 0.25) is 0 Å². The molecule has 0 radical (unpaired) electrons. The van der Waals surface area contributed by atoms with Crippen LogP contribution in [-0.4, -0.2) is 17.6 Å². The second-order valence-corrected chi connectivity index (χ2v) is 3.90. The Bertz CT molecular complexity index is 361. The summed E-state index contributed by atoms with van der Waals surface area (Å²) in [4.78, 5) is 11.5. The molecule has 2 N–H and O–H groups in total. The van der Waals surface area contributed by atoms with Gasteiger partial charge in [0, 0.05) is 6.42 Å². The van der Waals surface area contributed by atoms with Gasteiger partial charge in [-0.25, -0.2) is 0 Å². The Morgan fingerprint density at radius 3 is 2.62 bits per heavy atom. The molecular weight excluding hydrogens is 202 g/mol. The van der Waals surface area contributed by atoms with Crippen LogP contribution < -0.4 is 5.32 Å². The van der Waals surface area contributed by atoms with E-state index in [9.17, 15) is 9.90 Å². The quantitative estimate of drug-likeness (QED) is 0.739. The molecule has 16 heavy (non-hydrogen) atoms. The molecule has 1 aromatic rings. The topological polar surface area (TPSA) is 49.3 Å². The summed E-state index contributed by atoms with van der Waals surface area (Å²) in [6, 6.07) is 9.41. The lowest BCUT2D eigenvalue weighted by atomic mass is 9.93. The van der Waals surface area contributed by atoms with Crippen molar-refractivity contribution in [1.29, 1.82) is 0 Å². The van der Waals surface area contributed by atoms with E-state index in [1.54, 1.807) is 6.92 Å². The van der Waals surface area contributed by atoms with Gasteiger partial charge in [-0.2, -0.15) is 0 Å². The van der Waals surface area contributed by atoms with E-state index < -0.39 is 5.54 Å². The Kier molecular flexibility index (Phi) is 4.26. The molecule has 0 aliphatic carbocycles. The molecule has 0 saturated heterocycles. The van der Waals surface area contributed by atoms with E-state index in [4.69, 9.17) is 0 Å². The van der Waals surface area contributed by atoms with Crippen LogP contribution in [0, 0.1) is 0 Å². The number of aliphatic hydroxyl groups is 1. The average Bonchev–Trinajstić information content (AvgIpc) is 2.30. The third kappa shape index (κ3) is 2.94. The lowest BCUT2D eigenvalue weighted by Crippen LogP contribution is -2.46. The third-order valence-corrected chi connectivity index (χ3v) is 2.47. The first-order valence-corrected chi connectivity index (χ1v) is 5.20. The summed E-state index contributed by atoms with van der Waals surface area (Å²) in [7, 11) is 0. The summed E-state index contributed by atoms with van der Waals surface area (Å²) in [6.45, 7) is 5.16. The van der Waals surface area contributed by atoms with Gasteiger partial charge in [0.1, 0.15) is 0 Å². The zero-order chi connectivity index (χ0) is 12.0. The molecule has 1 unspecified atom stereocenters. The highest BCUT2D eigenvalue weighted by atomic mass is 16.3. The van der Waals surface area contributed by atoms with E-state index in [1.165, 1.54) is 6.08 Å². The van der Waals surface area contributed by atoms with E-state index in [1.807, 2.05) is 30.3 Å². The first-order chi connectivity index (χ1) is 7.62. The molecule has 1 aromatic carbocycles. The molecule has 0 spiro atoms. The number of aliphatic hydroxyl groups excluding tert-OH is 1. The Hall–Kier alpha value is -1.61.